The molecule has 6 atom stereocenters. The topological polar surface area (TPSA) is 237 Å². The van der Waals surface area contributed by atoms with Gasteiger partial charge in [-0.2, -0.15) is 0 Å². The molecule has 0 aromatic heterocycles. The van der Waals surface area contributed by atoms with Crippen LogP contribution in [0.3, 0.4) is 0 Å². The average Bonchev–Trinajstić information content (AvgIpc) is 0.906. The van der Waals surface area contributed by atoms with Gasteiger partial charge in [0.25, 0.3) is 0 Å². The number of hydrogen-bond acceptors (Lipinski definition) is 15. The van der Waals surface area contributed by atoms with E-state index in [1.807, 2.05) is 0 Å². The Hall–Kier alpha value is -1.94. The second-order valence-electron chi connectivity index (χ2n) is 31.8. The fourth-order valence-corrected chi connectivity index (χ4v) is 14.7. The Morgan fingerprint density at radius 1 is 0.279 bits per heavy atom. The maximum absolute atomic E-state index is 13.1. The standard InChI is InChI=1S/C85H166O17P2/c1-8-10-11-12-13-14-15-16-17-23-30-35-40-45-54-61-69-85(90)102-81(73-96-83(88)67-60-53-48-47-50-57-64-77(5)6)75-100-104(93,94)98-71-79(86)70-97-103(91,92)99-74-80(72-95-82(87)66-59-52-44-39-34-29-26-25-27-32-37-42-49-56-63-76(3)4)101-84(89)68-62-55-46-41-36-31-24-21-19-18-20-22-28-33-38-43-51-58-65-78(7)9-2/h76-81,86H,8-75H2,1-7H3,(H,91,92)(H,93,94)/t78?,79-,80-,81-/m1/s1. The van der Waals surface area contributed by atoms with Crippen molar-refractivity contribution in [1.82, 2.24) is 0 Å². The highest BCUT2D eigenvalue weighted by Crippen LogP contribution is 2.45. The monoisotopic (exact) mass is 1520 g/mol. The Morgan fingerprint density at radius 3 is 0.731 bits per heavy atom. The van der Waals surface area contributed by atoms with Crippen LogP contribution in [0, 0.1) is 17.8 Å². The van der Waals surface area contributed by atoms with Gasteiger partial charge in [0.2, 0.25) is 0 Å². The molecule has 0 aliphatic rings. The van der Waals surface area contributed by atoms with Crippen LogP contribution in [0.4, 0.5) is 0 Å². The molecular weight excluding hydrogens is 1350 g/mol. The van der Waals surface area contributed by atoms with Crippen molar-refractivity contribution in [3.8, 4) is 0 Å². The Kier molecular flexibility index (Phi) is 73.7. The second kappa shape index (κ2) is 75.1. The van der Waals surface area contributed by atoms with Crippen LogP contribution >= 0.6 is 15.6 Å². The molecule has 0 radical (unpaired) electrons. The molecule has 0 bridgehead atoms. The highest BCUT2D eigenvalue weighted by atomic mass is 31.2. The minimum absolute atomic E-state index is 0.107. The Bertz CT molecular complexity index is 2010. The molecular formula is C85H166O17P2. The molecule has 17 nitrogen and oxygen atoms in total. The van der Waals surface area contributed by atoms with Crippen molar-refractivity contribution in [1.29, 1.82) is 0 Å². The highest BCUT2D eigenvalue weighted by molar-refractivity contribution is 7.47. The number of carbonyl (C=O) groups is 4. The van der Waals surface area contributed by atoms with Crippen molar-refractivity contribution in [3.63, 3.8) is 0 Å². The fraction of sp³-hybridized carbons (Fsp3) is 0.953. The van der Waals surface area contributed by atoms with E-state index in [0.717, 1.165) is 108 Å². The van der Waals surface area contributed by atoms with E-state index >= 15 is 0 Å². The van der Waals surface area contributed by atoms with Crippen LogP contribution in [0.1, 0.15) is 447 Å². The lowest BCUT2D eigenvalue weighted by molar-refractivity contribution is -0.161. The molecule has 0 aliphatic heterocycles. The molecule has 19 heteroatoms. The summed E-state index contributed by atoms with van der Waals surface area (Å²) in [5.41, 5.74) is 0. The number of aliphatic hydroxyl groups excluding tert-OH is 1. The molecule has 0 saturated carbocycles. The van der Waals surface area contributed by atoms with E-state index in [1.54, 1.807) is 0 Å². The maximum Gasteiger partial charge on any atom is 0.472 e. The first-order valence-electron chi connectivity index (χ1n) is 43.9. The molecule has 0 heterocycles. The first-order valence-corrected chi connectivity index (χ1v) is 46.9. The van der Waals surface area contributed by atoms with Gasteiger partial charge in [0.1, 0.15) is 19.3 Å². The van der Waals surface area contributed by atoms with Gasteiger partial charge in [-0.05, 0) is 43.4 Å². The molecule has 0 amide bonds. The quantitative estimate of drug-likeness (QED) is 0.0222. The van der Waals surface area contributed by atoms with E-state index in [0.29, 0.717) is 31.6 Å². The van der Waals surface area contributed by atoms with E-state index in [-0.39, 0.29) is 25.7 Å². The molecule has 618 valence electrons. The SMILES string of the molecule is CCCCCCCCCCCCCCCCCCC(=O)O[C@H](COC(=O)CCCCCCCCC(C)C)COP(=O)(O)OC[C@H](O)COP(=O)(O)OC[C@@H](COC(=O)CCCCCCCCCCCCCCCCC(C)C)OC(=O)CCCCCCCCCCCCCCCCCCCCC(C)CC. The summed E-state index contributed by atoms with van der Waals surface area (Å²) in [4.78, 5) is 73.1. The maximum atomic E-state index is 13.1. The van der Waals surface area contributed by atoms with Gasteiger partial charge < -0.3 is 33.8 Å². The van der Waals surface area contributed by atoms with E-state index in [1.165, 1.54) is 250 Å². The summed E-state index contributed by atoms with van der Waals surface area (Å²) >= 11 is 0. The van der Waals surface area contributed by atoms with Crippen molar-refractivity contribution >= 4 is 39.5 Å². The van der Waals surface area contributed by atoms with Crippen molar-refractivity contribution in [2.24, 2.45) is 17.8 Å². The number of hydrogen-bond donors (Lipinski definition) is 3. The van der Waals surface area contributed by atoms with Gasteiger partial charge in [-0.3, -0.25) is 37.3 Å². The summed E-state index contributed by atoms with van der Waals surface area (Å²) in [6, 6.07) is 0. The van der Waals surface area contributed by atoms with Gasteiger partial charge in [-0.1, -0.05) is 395 Å². The van der Waals surface area contributed by atoms with Crippen LogP contribution in [-0.2, 0) is 65.4 Å². The largest absolute Gasteiger partial charge is 0.472 e. The normalized spacial score (nSPS) is 14.2. The van der Waals surface area contributed by atoms with Gasteiger partial charge in [0, 0.05) is 25.7 Å². The van der Waals surface area contributed by atoms with Crippen LogP contribution in [0.5, 0.6) is 0 Å². The van der Waals surface area contributed by atoms with Crippen LogP contribution < -0.4 is 0 Å². The zero-order chi connectivity index (χ0) is 76.5. The number of phosphoric acid groups is 2. The van der Waals surface area contributed by atoms with Crippen molar-refractivity contribution < 1.29 is 80.2 Å². The number of unbranched alkanes of at least 4 members (excludes halogenated alkanes) is 50. The summed E-state index contributed by atoms with van der Waals surface area (Å²) in [6.07, 6.45) is 65.4. The Labute approximate surface area is 638 Å². The third kappa shape index (κ3) is 76.8. The number of phosphoric ester groups is 2. The van der Waals surface area contributed by atoms with E-state index in [9.17, 15) is 43.2 Å². The molecule has 0 aromatic carbocycles. The van der Waals surface area contributed by atoms with Gasteiger partial charge in [0.15, 0.2) is 12.2 Å². The van der Waals surface area contributed by atoms with Crippen LogP contribution in [-0.4, -0.2) is 96.7 Å². The summed E-state index contributed by atoms with van der Waals surface area (Å²) < 4.78 is 68.8. The molecule has 0 rings (SSSR count). The smallest absolute Gasteiger partial charge is 0.462 e. The first kappa shape index (κ1) is 102. The third-order valence-electron chi connectivity index (χ3n) is 20.2. The molecule has 0 spiro atoms. The van der Waals surface area contributed by atoms with Crippen molar-refractivity contribution in [2.75, 3.05) is 39.6 Å². The lowest BCUT2D eigenvalue weighted by Gasteiger charge is -2.21. The van der Waals surface area contributed by atoms with Gasteiger partial charge in [-0.15, -0.1) is 0 Å². The zero-order valence-electron chi connectivity index (χ0n) is 68.5. The molecule has 3 unspecified atom stereocenters. The molecule has 104 heavy (non-hydrogen) atoms. The Morgan fingerprint density at radius 2 is 0.490 bits per heavy atom. The summed E-state index contributed by atoms with van der Waals surface area (Å²) in [5, 5.41) is 10.7. The Balaban J connectivity index is 5.21. The van der Waals surface area contributed by atoms with Crippen LogP contribution in [0.15, 0.2) is 0 Å². The zero-order valence-corrected chi connectivity index (χ0v) is 70.3. The van der Waals surface area contributed by atoms with Gasteiger partial charge >= 0.3 is 39.5 Å². The summed E-state index contributed by atoms with van der Waals surface area (Å²) in [5.74, 6) is 0.242. The number of esters is 4. The number of rotatable bonds is 83. The second-order valence-corrected chi connectivity index (χ2v) is 34.7. The van der Waals surface area contributed by atoms with Crippen molar-refractivity contribution in [2.45, 2.75) is 465 Å². The summed E-state index contributed by atoms with van der Waals surface area (Å²) in [7, 11) is -9.93. The predicted molar refractivity (Wildman–Crippen MR) is 428 cm³/mol. The third-order valence-corrected chi connectivity index (χ3v) is 22.1. The molecule has 0 saturated heterocycles. The fourth-order valence-electron chi connectivity index (χ4n) is 13.2. The number of carbonyl (C=O) groups excluding carboxylic acids is 4. The minimum Gasteiger partial charge on any atom is -0.462 e. The minimum atomic E-state index is -4.97. The van der Waals surface area contributed by atoms with Crippen LogP contribution in [0.25, 0.3) is 0 Å². The van der Waals surface area contributed by atoms with E-state index < -0.39 is 97.5 Å². The number of aliphatic hydroxyl groups is 1. The predicted octanol–water partition coefficient (Wildman–Crippen LogP) is 25.7. The summed E-state index contributed by atoms with van der Waals surface area (Å²) in [6.45, 7) is 12.0. The van der Waals surface area contributed by atoms with Gasteiger partial charge in [-0.25, -0.2) is 9.13 Å². The molecule has 0 aliphatic carbocycles. The highest BCUT2D eigenvalue weighted by Gasteiger charge is 2.30. The van der Waals surface area contributed by atoms with E-state index in [4.69, 9.17) is 37.0 Å². The molecule has 0 aromatic rings. The number of ether oxygens (including phenoxy) is 4. The average molecular weight is 1520 g/mol. The molecule has 0 fully saturated rings. The van der Waals surface area contributed by atoms with Gasteiger partial charge in [0.05, 0.1) is 26.4 Å². The lowest BCUT2D eigenvalue weighted by Crippen LogP contribution is -2.30. The molecule has 3 N–H and O–H groups in total. The van der Waals surface area contributed by atoms with Crippen LogP contribution in [0.2, 0.25) is 0 Å². The van der Waals surface area contributed by atoms with E-state index in [2.05, 4.69) is 48.5 Å². The lowest BCUT2D eigenvalue weighted by atomic mass is 9.99. The van der Waals surface area contributed by atoms with Crippen molar-refractivity contribution in [3.05, 3.63) is 0 Å². The first-order chi connectivity index (χ1) is 50.3.